The van der Waals surface area contributed by atoms with Crippen LogP contribution in [0.15, 0.2) is 61.1 Å². The fourth-order valence-corrected chi connectivity index (χ4v) is 5.15. The molecule has 0 atom stereocenters. The number of nitrogens with one attached hydrogen (secondary N) is 5. The molecular weight excluding hydrogens is 636 g/mol. The normalized spacial score (nSPS) is 10.9. The summed E-state index contributed by atoms with van der Waals surface area (Å²) in [5.74, 6) is -1.31. The second-order valence-electron chi connectivity index (χ2n) is 11.3. The minimum atomic E-state index is -0.449. The Morgan fingerprint density at radius 2 is 1.35 bits per heavy atom. The van der Waals surface area contributed by atoms with Gasteiger partial charge in [0.05, 0.1) is 22.9 Å². The lowest BCUT2D eigenvalue weighted by atomic mass is 10.1. The number of nitrogens with two attached hydrogens (primary N) is 1. The van der Waals surface area contributed by atoms with E-state index in [4.69, 9.17) is 22.7 Å². The van der Waals surface area contributed by atoms with Crippen LogP contribution in [0.5, 0.6) is 0 Å². The van der Waals surface area contributed by atoms with Gasteiger partial charge in [0.1, 0.15) is 17.1 Å². The minimum Gasteiger partial charge on any atom is -0.388 e. The molecule has 15 heteroatoms. The third-order valence-electron chi connectivity index (χ3n) is 7.46. The molecule has 0 fully saturated rings. The van der Waals surface area contributed by atoms with Gasteiger partial charge in [0.2, 0.25) is 0 Å². The van der Waals surface area contributed by atoms with Crippen LogP contribution in [-0.4, -0.2) is 62.1 Å². The third-order valence-corrected chi connectivity index (χ3v) is 7.65. The van der Waals surface area contributed by atoms with E-state index < -0.39 is 11.8 Å². The maximum absolute atomic E-state index is 13.5. The van der Waals surface area contributed by atoms with E-state index >= 15 is 0 Å². The molecule has 0 aliphatic carbocycles. The quantitative estimate of drug-likeness (QED) is 0.0484. The number of amides is 4. The van der Waals surface area contributed by atoms with Crippen molar-refractivity contribution in [1.29, 1.82) is 5.41 Å². The number of carbonyl (C=O) groups is 4. The Morgan fingerprint density at radius 1 is 0.812 bits per heavy atom. The molecule has 4 aromatic rings. The summed E-state index contributed by atoms with van der Waals surface area (Å²) in [5, 5.41) is 16.9. The van der Waals surface area contributed by atoms with Gasteiger partial charge in [0.15, 0.2) is 0 Å². The van der Waals surface area contributed by atoms with Crippen LogP contribution in [0.1, 0.15) is 67.2 Å². The second kappa shape index (κ2) is 16.0. The number of carbonyl (C=O) groups excluding carboxylic acids is 4. The van der Waals surface area contributed by atoms with Gasteiger partial charge in [-0.3, -0.25) is 24.6 Å². The smallest absolute Gasteiger partial charge is 0.272 e. The SMILES string of the molecule is CCCc1ccc(C(=O)N(NCCCl)c2cc(C(=O)Nc3cc(C(=O)Nc4cc(C(=O)NCCC(=N)N)n(C)c4)n(C)c3)n(C)c2)cc1. The van der Waals surface area contributed by atoms with Crippen molar-refractivity contribution in [2.45, 2.75) is 26.2 Å². The Labute approximate surface area is 283 Å². The summed E-state index contributed by atoms with van der Waals surface area (Å²) >= 11 is 5.92. The van der Waals surface area contributed by atoms with Gasteiger partial charge in [-0.05, 0) is 42.3 Å². The van der Waals surface area contributed by atoms with Crippen molar-refractivity contribution >= 4 is 58.1 Å². The van der Waals surface area contributed by atoms with E-state index in [0.717, 1.165) is 18.4 Å². The first kappa shape index (κ1) is 35.5. The van der Waals surface area contributed by atoms with Crippen LogP contribution in [0.4, 0.5) is 17.1 Å². The van der Waals surface area contributed by atoms with Crippen molar-refractivity contribution in [3.63, 3.8) is 0 Å². The number of hydrogen-bond acceptors (Lipinski definition) is 6. The lowest BCUT2D eigenvalue weighted by Crippen LogP contribution is -2.44. The average molecular weight is 677 g/mol. The fraction of sp³-hybridized carbons (Fsp3) is 0.303. The zero-order chi connectivity index (χ0) is 35.0. The zero-order valence-corrected chi connectivity index (χ0v) is 28.1. The number of hydrogen-bond donors (Lipinski definition) is 6. The Hall–Kier alpha value is -5.34. The Balaban J connectivity index is 1.45. The zero-order valence-electron chi connectivity index (χ0n) is 27.4. The molecule has 4 rings (SSSR count). The van der Waals surface area contributed by atoms with Crippen LogP contribution in [0.2, 0.25) is 0 Å². The van der Waals surface area contributed by atoms with E-state index in [1.54, 1.807) is 71.6 Å². The van der Waals surface area contributed by atoms with Crippen LogP contribution < -0.4 is 32.1 Å². The minimum absolute atomic E-state index is 0.0280. The molecule has 3 heterocycles. The predicted octanol–water partition coefficient (Wildman–Crippen LogP) is 3.61. The van der Waals surface area contributed by atoms with Gasteiger partial charge >= 0.3 is 0 Å². The van der Waals surface area contributed by atoms with Crippen molar-refractivity contribution in [2.24, 2.45) is 26.9 Å². The number of benzene rings is 1. The van der Waals surface area contributed by atoms with Gasteiger partial charge in [-0.15, -0.1) is 11.6 Å². The average Bonchev–Trinajstić information content (AvgIpc) is 3.73. The first-order chi connectivity index (χ1) is 22.9. The van der Waals surface area contributed by atoms with Gasteiger partial charge in [-0.1, -0.05) is 25.5 Å². The molecule has 3 aromatic heterocycles. The molecule has 0 spiro atoms. The number of amidine groups is 1. The van der Waals surface area contributed by atoms with E-state index in [9.17, 15) is 19.2 Å². The van der Waals surface area contributed by atoms with Crippen molar-refractivity contribution in [3.05, 3.63) is 89.3 Å². The monoisotopic (exact) mass is 676 g/mol. The van der Waals surface area contributed by atoms with Gasteiger partial charge in [0.25, 0.3) is 23.6 Å². The molecule has 0 bridgehead atoms. The first-order valence-corrected chi connectivity index (χ1v) is 15.9. The topological polar surface area (TPSA) is 184 Å². The van der Waals surface area contributed by atoms with Gasteiger partial charge < -0.3 is 35.4 Å². The van der Waals surface area contributed by atoms with Crippen LogP contribution in [0.25, 0.3) is 0 Å². The summed E-state index contributed by atoms with van der Waals surface area (Å²) in [6.45, 7) is 2.64. The van der Waals surface area contributed by atoms with Crippen LogP contribution >= 0.6 is 11.6 Å². The molecule has 0 aliphatic heterocycles. The van der Waals surface area contributed by atoms with Crippen LogP contribution in [-0.2, 0) is 27.6 Å². The highest BCUT2D eigenvalue weighted by Crippen LogP contribution is 2.22. The van der Waals surface area contributed by atoms with Gasteiger partial charge in [-0.25, -0.2) is 10.4 Å². The maximum atomic E-state index is 13.5. The molecule has 48 heavy (non-hydrogen) atoms. The van der Waals surface area contributed by atoms with Crippen molar-refractivity contribution < 1.29 is 19.2 Å². The number of alkyl halides is 1. The molecular formula is C33H41ClN10O4. The number of nitrogens with zero attached hydrogens (tertiary/aromatic N) is 4. The summed E-state index contributed by atoms with van der Waals surface area (Å²) in [6.07, 6.45) is 7.04. The molecule has 0 saturated heterocycles. The Morgan fingerprint density at radius 3 is 1.90 bits per heavy atom. The molecule has 4 amide bonds. The number of hydrazine groups is 1. The van der Waals surface area contributed by atoms with Crippen molar-refractivity contribution in [3.8, 4) is 0 Å². The van der Waals surface area contributed by atoms with Crippen LogP contribution in [0, 0.1) is 5.41 Å². The largest absolute Gasteiger partial charge is 0.388 e. The summed E-state index contributed by atoms with van der Waals surface area (Å²) in [7, 11) is 5.04. The molecule has 0 radical (unpaired) electrons. The highest BCUT2D eigenvalue weighted by atomic mass is 35.5. The molecule has 254 valence electrons. The number of aromatic nitrogens is 3. The molecule has 7 N–H and O–H groups in total. The lowest BCUT2D eigenvalue weighted by molar-refractivity contribution is 0.0943. The van der Waals surface area contributed by atoms with E-state index in [1.807, 2.05) is 12.1 Å². The highest BCUT2D eigenvalue weighted by molar-refractivity contribution is 6.18. The summed E-state index contributed by atoms with van der Waals surface area (Å²) in [5.41, 5.74) is 12.1. The number of halogens is 1. The van der Waals surface area contributed by atoms with Crippen LogP contribution in [0.3, 0.4) is 0 Å². The second-order valence-corrected chi connectivity index (χ2v) is 11.6. The van der Waals surface area contributed by atoms with E-state index in [0.29, 0.717) is 34.9 Å². The van der Waals surface area contributed by atoms with E-state index in [-0.39, 0.29) is 47.9 Å². The number of rotatable bonds is 15. The first-order valence-electron chi connectivity index (χ1n) is 15.4. The molecule has 14 nitrogen and oxygen atoms in total. The number of aryl methyl sites for hydroxylation is 4. The number of anilines is 3. The van der Waals surface area contributed by atoms with Gasteiger partial charge in [-0.2, -0.15) is 0 Å². The Bertz CT molecular complexity index is 1800. The summed E-state index contributed by atoms with van der Waals surface area (Å²) < 4.78 is 4.76. The third kappa shape index (κ3) is 8.72. The van der Waals surface area contributed by atoms with E-state index in [1.165, 1.54) is 17.1 Å². The summed E-state index contributed by atoms with van der Waals surface area (Å²) in [6, 6.07) is 12.1. The highest BCUT2D eigenvalue weighted by Gasteiger charge is 2.23. The lowest BCUT2D eigenvalue weighted by Gasteiger charge is -2.22. The Kier molecular flexibility index (Phi) is 11.8. The standard InChI is InChI=1S/C33H41ClN10O4/c1-5-6-21-7-9-22(10-8-21)33(48)44(38-14-12-34)25-17-28(43(4)20-25)32(47)40-24-16-27(42(3)19-24)31(46)39-23-15-26(41(2)18-23)30(45)37-13-11-29(35)36/h7-10,15-20,38H,5-6,11-14H2,1-4H3,(H3,35,36)(H,37,45)(H,39,46)(H,40,47). The maximum Gasteiger partial charge on any atom is 0.272 e. The molecule has 0 saturated carbocycles. The predicted molar refractivity (Wildman–Crippen MR) is 187 cm³/mol. The fourth-order valence-electron chi connectivity index (χ4n) is 5.07. The molecule has 0 aliphatic rings. The summed E-state index contributed by atoms with van der Waals surface area (Å²) in [4.78, 5) is 52.5. The molecule has 0 unspecified atom stereocenters. The van der Waals surface area contributed by atoms with Gasteiger partial charge in [0, 0.05) is 70.7 Å². The van der Waals surface area contributed by atoms with E-state index in [2.05, 4.69) is 28.3 Å². The molecule has 1 aromatic carbocycles. The van der Waals surface area contributed by atoms with Crippen molar-refractivity contribution in [1.82, 2.24) is 24.4 Å². The van der Waals surface area contributed by atoms with Crippen molar-refractivity contribution in [2.75, 3.05) is 34.6 Å².